The average Bonchev–Trinajstić information content (AvgIpc) is 2.99. The molecule has 0 aromatic heterocycles. The minimum Gasteiger partial charge on any atom is -0.480 e. The Morgan fingerprint density at radius 1 is 1.60 bits per heavy atom. The highest BCUT2D eigenvalue weighted by atomic mass is 32.2. The summed E-state index contributed by atoms with van der Waals surface area (Å²) in [5.41, 5.74) is 5.31. The van der Waals surface area contributed by atoms with E-state index in [1.54, 1.807) is 11.9 Å². The summed E-state index contributed by atoms with van der Waals surface area (Å²) in [5.74, 6) is -0.376. The fourth-order valence-corrected chi connectivity index (χ4v) is 2.00. The number of hydrogen-bond acceptors (Lipinski definition) is 4. The first-order chi connectivity index (χ1) is 7.02. The summed E-state index contributed by atoms with van der Waals surface area (Å²) < 4.78 is 0. The van der Waals surface area contributed by atoms with E-state index >= 15 is 0 Å². The van der Waals surface area contributed by atoms with Crippen molar-refractivity contribution >= 4 is 23.6 Å². The molecule has 15 heavy (non-hydrogen) atoms. The first-order valence-corrected chi connectivity index (χ1v) is 5.99. The molecule has 0 aliphatic heterocycles. The Morgan fingerprint density at radius 2 is 2.20 bits per heavy atom. The smallest absolute Gasteiger partial charge is 0.321 e. The monoisotopic (exact) mass is 232 g/mol. The molecule has 0 heterocycles. The zero-order valence-electron chi connectivity index (χ0n) is 8.68. The van der Waals surface area contributed by atoms with Gasteiger partial charge in [-0.15, -0.1) is 11.8 Å². The van der Waals surface area contributed by atoms with Crippen LogP contribution >= 0.6 is 11.8 Å². The molecule has 0 aromatic rings. The lowest BCUT2D eigenvalue weighted by molar-refractivity contribution is -0.138. The van der Waals surface area contributed by atoms with E-state index in [1.807, 2.05) is 0 Å². The van der Waals surface area contributed by atoms with E-state index in [9.17, 15) is 9.59 Å². The Hall–Kier alpha value is -0.750. The fraction of sp³-hybridized carbons (Fsp3) is 0.778. The van der Waals surface area contributed by atoms with Crippen molar-refractivity contribution in [3.05, 3.63) is 0 Å². The summed E-state index contributed by atoms with van der Waals surface area (Å²) in [7, 11) is 1.79. The van der Waals surface area contributed by atoms with Crippen LogP contribution in [0.25, 0.3) is 0 Å². The molecule has 1 atom stereocenters. The van der Waals surface area contributed by atoms with Gasteiger partial charge in [-0.3, -0.25) is 9.59 Å². The molecule has 1 aliphatic carbocycles. The molecule has 0 unspecified atom stereocenters. The second-order valence-corrected chi connectivity index (χ2v) is 4.73. The minimum atomic E-state index is -1.02. The number of thioether (sulfide) groups is 1. The zero-order chi connectivity index (χ0) is 11.4. The maximum absolute atomic E-state index is 11.5. The molecule has 0 radical (unpaired) electrons. The standard InChI is InChI=1S/C9H16N2O3S/c1-11(6-2-3-6)8(12)5-15-4-7(10)9(13)14/h6-7H,2-5,10H2,1H3,(H,13,14)/t7-/m0/s1. The van der Waals surface area contributed by atoms with Crippen molar-refractivity contribution in [2.75, 3.05) is 18.6 Å². The van der Waals surface area contributed by atoms with E-state index in [2.05, 4.69) is 0 Å². The molecule has 0 saturated heterocycles. The number of nitrogens with zero attached hydrogens (tertiary/aromatic N) is 1. The van der Waals surface area contributed by atoms with Gasteiger partial charge in [0.2, 0.25) is 5.91 Å². The van der Waals surface area contributed by atoms with Gasteiger partial charge >= 0.3 is 5.97 Å². The van der Waals surface area contributed by atoms with Gasteiger partial charge in [0, 0.05) is 18.8 Å². The number of aliphatic carboxylic acids is 1. The molecule has 1 saturated carbocycles. The highest BCUT2D eigenvalue weighted by Crippen LogP contribution is 2.25. The van der Waals surface area contributed by atoms with Crippen LogP contribution in [-0.2, 0) is 9.59 Å². The lowest BCUT2D eigenvalue weighted by atomic mass is 10.4. The summed E-state index contributed by atoms with van der Waals surface area (Å²) >= 11 is 1.27. The van der Waals surface area contributed by atoms with Gasteiger partial charge in [-0.2, -0.15) is 0 Å². The molecule has 1 rings (SSSR count). The number of carboxylic acids is 1. The number of hydrogen-bond donors (Lipinski definition) is 2. The van der Waals surface area contributed by atoms with Crippen LogP contribution in [0.5, 0.6) is 0 Å². The van der Waals surface area contributed by atoms with Gasteiger partial charge in [-0.05, 0) is 12.8 Å². The Morgan fingerprint density at radius 3 is 2.67 bits per heavy atom. The summed E-state index contributed by atoms with van der Waals surface area (Å²) in [6.45, 7) is 0. The molecule has 3 N–H and O–H groups in total. The fourth-order valence-electron chi connectivity index (χ4n) is 1.11. The van der Waals surface area contributed by atoms with Gasteiger partial charge < -0.3 is 15.7 Å². The Balaban J connectivity index is 2.13. The van der Waals surface area contributed by atoms with Crippen LogP contribution in [0, 0.1) is 0 Å². The number of carboxylic acid groups (broad SMARTS) is 1. The van der Waals surface area contributed by atoms with Crippen LogP contribution < -0.4 is 5.73 Å². The van der Waals surface area contributed by atoms with Crippen LogP contribution in [0.1, 0.15) is 12.8 Å². The molecule has 1 aliphatic rings. The van der Waals surface area contributed by atoms with E-state index in [0.717, 1.165) is 12.8 Å². The Bertz CT molecular complexity index is 256. The first kappa shape index (κ1) is 12.3. The summed E-state index contributed by atoms with van der Waals surface area (Å²) in [4.78, 5) is 23.6. The molecule has 1 amide bonds. The van der Waals surface area contributed by atoms with Crippen molar-refractivity contribution in [1.29, 1.82) is 0 Å². The van der Waals surface area contributed by atoms with Crippen molar-refractivity contribution < 1.29 is 14.7 Å². The highest BCUT2D eigenvalue weighted by Gasteiger charge is 2.29. The lowest BCUT2D eigenvalue weighted by Crippen LogP contribution is -2.34. The van der Waals surface area contributed by atoms with Crippen molar-refractivity contribution in [3.63, 3.8) is 0 Å². The SMILES string of the molecule is CN(C(=O)CSC[C@H](N)C(=O)O)C1CC1. The number of carbonyl (C=O) groups excluding carboxylic acids is 1. The molecule has 86 valence electrons. The number of rotatable bonds is 6. The lowest BCUT2D eigenvalue weighted by Gasteiger charge is -2.16. The predicted molar refractivity (Wildman–Crippen MR) is 58.7 cm³/mol. The number of amides is 1. The van der Waals surface area contributed by atoms with Gasteiger partial charge in [0.25, 0.3) is 0 Å². The molecular formula is C9H16N2O3S. The third-order valence-electron chi connectivity index (χ3n) is 2.33. The van der Waals surface area contributed by atoms with Crippen LogP contribution in [0.4, 0.5) is 0 Å². The van der Waals surface area contributed by atoms with Crippen LogP contribution in [-0.4, -0.2) is 52.5 Å². The third-order valence-corrected chi connectivity index (χ3v) is 3.37. The van der Waals surface area contributed by atoms with Gasteiger partial charge in [0.15, 0.2) is 0 Å². The highest BCUT2D eigenvalue weighted by molar-refractivity contribution is 8.00. The zero-order valence-corrected chi connectivity index (χ0v) is 9.50. The van der Waals surface area contributed by atoms with Crippen LogP contribution in [0.3, 0.4) is 0 Å². The topological polar surface area (TPSA) is 83.6 Å². The number of carbonyl (C=O) groups is 2. The maximum atomic E-state index is 11.5. The van der Waals surface area contributed by atoms with Gasteiger partial charge in [-0.25, -0.2) is 0 Å². The van der Waals surface area contributed by atoms with Crippen LogP contribution in [0.2, 0.25) is 0 Å². The average molecular weight is 232 g/mol. The van der Waals surface area contributed by atoms with Gasteiger partial charge in [-0.1, -0.05) is 0 Å². The molecular weight excluding hydrogens is 216 g/mol. The van der Waals surface area contributed by atoms with Crippen molar-refractivity contribution in [2.45, 2.75) is 24.9 Å². The van der Waals surface area contributed by atoms with Crippen molar-refractivity contribution in [1.82, 2.24) is 4.90 Å². The second-order valence-electron chi connectivity index (χ2n) is 3.70. The first-order valence-electron chi connectivity index (χ1n) is 4.84. The molecule has 1 fully saturated rings. The maximum Gasteiger partial charge on any atom is 0.321 e. The number of nitrogens with two attached hydrogens (primary N) is 1. The quantitative estimate of drug-likeness (QED) is 0.660. The predicted octanol–water partition coefficient (Wildman–Crippen LogP) is -0.248. The molecule has 5 nitrogen and oxygen atoms in total. The van der Waals surface area contributed by atoms with Crippen LogP contribution in [0.15, 0.2) is 0 Å². The molecule has 0 spiro atoms. The normalized spacial score (nSPS) is 17.2. The molecule has 0 bridgehead atoms. The van der Waals surface area contributed by atoms with Gasteiger partial charge in [0.1, 0.15) is 6.04 Å². The van der Waals surface area contributed by atoms with E-state index in [-0.39, 0.29) is 11.7 Å². The Labute approximate surface area is 93.0 Å². The van der Waals surface area contributed by atoms with E-state index in [0.29, 0.717) is 11.8 Å². The Kier molecular flexibility index (Phi) is 4.41. The molecule has 6 heteroatoms. The van der Waals surface area contributed by atoms with Crippen molar-refractivity contribution in [2.24, 2.45) is 5.73 Å². The van der Waals surface area contributed by atoms with E-state index in [1.165, 1.54) is 11.8 Å². The summed E-state index contributed by atoms with van der Waals surface area (Å²) in [6.07, 6.45) is 2.17. The van der Waals surface area contributed by atoms with Gasteiger partial charge in [0.05, 0.1) is 5.75 Å². The van der Waals surface area contributed by atoms with E-state index < -0.39 is 12.0 Å². The largest absolute Gasteiger partial charge is 0.480 e. The third kappa shape index (κ3) is 4.09. The minimum absolute atomic E-state index is 0.0556. The second kappa shape index (κ2) is 5.37. The molecule has 0 aromatic carbocycles. The summed E-state index contributed by atoms with van der Waals surface area (Å²) in [6, 6.07) is -0.472. The summed E-state index contributed by atoms with van der Waals surface area (Å²) in [5, 5.41) is 8.52. The van der Waals surface area contributed by atoms with E-state index in [4.69, 9.17) is 10.8 Å². The van der Waals surface area contributed by atoms with Crippen molar-refractivity contribution in [3.8, 4) is 0 Å².